The van der Waals surface area contributed by atoms with Crippen molar-refractivity contribution < 1.29 is 28.4 Å². The Labute approximate surface area is 153 Å². The van der Waals surface area contributed by atoms with E-state index in [0.29, 0.717) is 16.9 Å². The van der Waals surface area contributed by atoms with Gasteiger partial charge < -0.3 is 19.2 Å². The van der Waals surface area contributed by atoms with Crippen molar-refractivity contribution in [2.75, 3.05) is 6.54 Å². The zero-order chi connectivity index (χ0) is 18.8. The van der Waals surface area contributed by atoms with Crippen molar-refractivity contribution in [2.45, 2.75) is 18.9 Å². The number of hydrogen-bond acceptors (Lipinski definition) is 5. The molecule has 1 fully saturated rings. The van der Waals surface area contributed by atoms with Gasteiger partial charge in [-0.15, -0.1) is 0 Å². The van der Waals surface area contributed by atoms with Gasteiger partial charge in [0.05, 0.1) is 11.9 Å². The number of esters is 1. The molecule has 0 amide bonds. The summed E-state index contributed by atoms with van der Waals surface area (Å²) in [6.07, 6.45) is 2.97. The predicted octanol–water partition coefficient (Wildman–Crippen LogP) is 2.36. The topological polar surface area (TPSA) is 82.4 Å². The smallest absolute Gasteiger partial charge is 0.370 e. The summed E-state index contributed by atoms with van der Waals surface area (Å²) in [6, 6.07) is 9.71. The Morgan fingerprint density at radius 3 is 2.67 bits per heavy atom. The van der Waals surface area contributed by atoms with Crippen molar-refractivity contribution in [3.63, 3.8) is 0 Å². The van der Waals surface area contributed by atoms with Gasteiger partial charge in [0.25, 0.3) is 0 Å². The molecule has 1 saturated heterocycles. The fourth-order valence-electron chi connectivity index (χ4n) is 3.04. The first kappa shape index (κ1) is 17.2. The second-order valence-corrected chi connectivity index (χ2v) is 6.34. The summed E-state index contributed by atoms with van der Waals surface area (Å²) in [5, 5.41) is 2.25. The molecule has 1 atom stereocenters. The van der Waals surface area contributed by atoms with E-state index in [4.69, 9.17) is 13.9 Å². The number of carbonyl (C=O) groups excluding carboxylic acids is 1. The highest BCUT2D eigenvalue weighted by atomic mass is 19.1. The van der Waals surface area contributed by atoms with E-state index in [-0.39, 0.29) is 28.8 Å². The second kappa shape index (κ2) is 7.20. The molecule has 6 nitrogen and oxygen atoms in total. The molecule has 0 bridgehead atoms. The fourth-order valence-corrected chi connectivity index (χ4v) is 3.04. The number of quaternary nitrogens is 1. The van der Waals surface area contributed by atoms with E-state index in [1.807, 2.05) is 5.32 Å². The fraction of sp³-hybridized carbons (Fsp3) is 0.200. The molecule has 0 radical (unpaired) electrons. The molecule has 1 unspecified atom stereocenters. The highest BCUT2D eigenvalue weighted by Crippen LogP contribution is 2.24. The number of nitrogens with two attached hydrogens (primary N) is 1. The lowest BCUT2D eigenvalue weighted by molar-refractivity contribution is -0.658. The van der Waals surface area contributed by atoms with Gasteiger partial charge in [-0.2, -0.15) is 0 Å². The van der Waals surface area contributed by atoms with Crippen LogP contribution in [-0.2, 0) is 4.79 Å². The molecular weight excluding hydrogens is 353 g/mol. The normalized spacial score (nSPS) is 16.4. The third-order valence-electron chi connectivity index (χ3n) is 4.45. The van der Waals surface area contributed by atoms with Gasteiger partial charge in [-0.05, 0) is 36.4 Å². The second-order valence-electron chi connectivity index (χ2n) is 6.34. The van der Waals surface area contributed by atoms with Crippen LogP contribution in [-0.4, -0.2) is 18.6 Å². The molecule has 2 N–H and O–H groups in total. The summed E-state index contributed by atoms with van der Waals surface area (Å²) in [5.74, 6) is -0.0698. The molecule has 1 aromatic heterocycles. The lowest BCUT2D eigenvalue weighted by Crippen LogP contribution is -2.88. The van der Waals surface area contributed by atoms with Crippen LogP contribution in [0.3, 0.4) is 0 Å². The third kappa shape index (κ3) is 3.68. The molecule has 4 rings (SSSR count). The number of benzene rings is 2. The Morgan fingerprint density at radius 1 is 1.15 bits per heavy atom. The average molecular weight is 370 g/mol. The van der Waals surface area contributed by atoms with Gasteiger partial charge in [0.1, 0.15) is 29.2 Å². The minimum absolute atomic E-state index is 0.0144. The minimum Gasteiger partial charge on any atom is -0.460 e. The van der Waals surface area contributed by atoms with Crippen molar-refractivity contribution in [1.29, 1.82) is 0 Å². The first-order chi connectivity index (χ1) is 13.1. The molecule has 0 saturated carbocycles. The molecular formula is C20H17FNO5+. The van der Waals surface area contributed by atoms with E-state index in [0.717, 1.165) is 19.4 Å². The lowest BCUT2D eigenvalue weighted by atomic mass is 10.2. The molecule has 1 aliphatic rings. The Bertz CT molecular complexity index is 1040. The molecule has 0 aliphatic carbocycles. The predicted molar refractivity (Wildman–Crippen MR) is 94.4 cm³/mol. The van der Waals surface area contributed by atoms with E-state index in [9.17, 15) is 14.0 Å². The van der Waals surface area contributed by atoms with Crippen LogP contribution in [0.15, 0.2) is 57.9 Å². The Balaban J connectivity index is 1.57. The van der Waals surface area contributed by atoms with Gasteiger partial charge in [-0.3, -0.25) is 4.79 Å². The van der Waals surface area contributed by atoms with Crippen LogP contribution in [0.5, 0.6) is 17.2 Å². The number of hydrogen-bond donors (Lipinski definition) is 1. The summed E-state index contributed by atoms with van der Waals surface area (Å²) < 4.78 is 29.3. The van der Waals surface area contributed by atoms with Crippen molar-refractivity contribution in [1.82, 2.24) is 0 Å². The molecule has 0 spiro atoms. The van der Waals surface area contributed by atoms with Gasteiger partial charge in [0.2, 0.25) is 11.2 Å². The van der Waals surface area contributed by atoms with Crippen molar-refractivity contribution in [3.8, 4) is 17.2 Å². The molecule has 27 heavy (non-hydrogen) atoms. The van der Waals surface area contributed by atoms with Crippen molar-refractivity contribution in [3.05, 3.63) is 64.8 Å². The summed E-state index contributed by atoms with van der Waals surface area (Å²) in [6.45, 7) is 0.920. The van der Waals surface area contributed by atoms with Crippen LogP contribution >= 0.6 is 0 Å². The van der Waals surface area contributed by atoms with Gasteiger partial charge in [0.15, 0.2) is 6.04 Å². The Kier molecular flexibility index (Phi) is 4.60. The molecule has 2 heterocycles. The molecule has 138 valence electrons. The zero-order valence-electron chi connectivity index (χ0n) is 14.3. The van der Waals surface area contributed by atoms with Gasteiger partial charge >= 0.3 is 5.97 Å². The van der Waals surface area contributed by atoms with E-state index in [2.05, 4.69) is 0 Å². The number of ether oxygens (including phenoxy) is 2. The maximum Gasteiger partial charge on any atom is 0.370 e. The maximum atomic E-state index is 13.0. The number of rotatable bonds is 4. The molecule has 7 heteroatoms. The van der Waals surface area contributed by atoms with E-state index in [1.54, 1.807) is 6.07 Å². The van der Waals surface area contributed by atoms with Crippen LogP contribution in [0, 0.1) is 5.82 Å². The van der Waals surface area contributed by atoms with Gasteiger partial charge in [-0.1, -0.05) is 0 Å². The highest BCUT2D eigenvalue weighted by molar-refractivity contribution is 5.81. The summed E-state index contributed by atoms with van der Waals surface area (Å²) in [5.41, 5.74) is -0.0882. The monoisotopic (exact) mass is 370 g/mol. The summed E-state index contributed by atoms with van der Waals surface area (Å²) in [4.78, 5) is 24.7. The van der Waals surface area contributed by atoms with Crippen molar-refractivity contribution in [2.24, 2.45) is 0 Å². The molecule has 3 aromatic rings. The van der Waals surface area contributed by atoms with Crippen molar-refractivity contribution >= 4 is 16.9 Å². The number of carbonyl (C=O) groups is 1. The zero-order valence-corrected chi connectivity index (χ0v) is 14.3. The maximum absolute atomic E-state index is 13.0. The molecule has 1 aliphatic heterocycles. The summed E-state index contributed by atoms with van der Waals surface area (Å²) in [7, 11) is 0. The van der Waals surface area contributed by atoms with E-state index in [1.165, 1.54) is 42.7 Å². The van der Waals surface area contributed by atoms with Crippen LogP contribution < -0.4 is 20.2 Å². The Morgan fingerprint density at radius 2 is 1.93 bits per heavy atom. The highest BCUT2D eigenvalue weighted by Gasteiger charge is 2.28. The minimum atomic E-state index is -0.398. The number of fused-ring (bicyclic) bond motifs is 1. The Hall–Kier alpha value is -3.19. The van der Waals surface area contributed by atoms with Crippen LogP contribution in [0.2, 0.25) is 0 Å². The van der Waals surface area contributed by atoms with E-state index < -0.39 is 5.82 Å². The first-order valence-corrected chi connectivity index (χ1v) is 8.64. The van der Waals surface area contributed by atoms with Gasteiger partial charge in [0, 0.05) is 18.9 Å². The first-order valence-electron chi connectivity index (χ1n) is 8.64. The quantitative estimate of drug-likeness (QED) is 0.563. The number of halogens is 1. The summed E-state index contributed by atoms with van der Waals surface area (Å²) >= 11 is 0. The lowest BCUT2D eigenvalue weighted by Gasteiger charge is -2.09. The van der Waals surface area contributed by atoms with Gasteiger partial charge in [-0.25, -0.2) is 9.18 Å². The van der Waals surface area contributed by atoms with Crippen LogP contribution in [0.1, 0.15) is 12.8 Å². The average Bonchev–Trinajstić information content (AvgIpc) is 3.21. The van der Waals surface area contributed by atoms with Crippen LogP contribution in [0.4, 0.5) is 4.39 Å². The molecule has 2 aromatic carbocycles. The SMILES string of the molecule is O=C(Oc1ccc2c(=O)c(Oc3ccc(F)cc3)coc2c1)C1CCC[NH2+]1. The standard InChI is InChI=1S/C20H16FNO5/c21-12-3-5-13(6-4-12)26-18-11-25-17-10-14(7-8-15(17)19(18)23)27-20(24)16-2-1-9-22-16/h3-8,10-11,16,22H,1-2,9H2/p+1. The van der Waals surface area contributed by atoms with Crippen LogP contribution in [0.25, 0.3) is 11.0 Å². The third-order valence-corrected chi connectivity index (χ3v) is 4.45. The van der Waals surface area contributed by atoms with E-state index >= 15 is 0 Å². The largest absolute Gasteiger partial charge is 0.460 e.